The highest BCUT2D eigenvalue weighted by atomic mass is 32.2. The van der Waals surface area contributed by atoms with E-state index in [4.69, 9.17) is 10.3 Å². The third-order valence-corrected chi connectivity index (χ3v) is 8.38. The minimum Gasteiger partial charge on any atom is -0.399 e. The number of anilines is 2. The summed E-state index contributed by atoms with van der Waals surface area (Å²) in [7, 11) is -3.64. The first-order valence-electron chi connectivity index (χ1n) is 12.5. The fourth-order valence-corrected chi connectivity index (χ4v) is 6.24. The first kappa shape index (κ1) is 25.3. The first-order chi connectivity index (χ1) is 16.9. The van der Waals surface area contributed by atoms with E-state index in [9.17, 15) is 8.42 Å². The molecule has 7 nitrogen and oxygen atoms in total. The Bertz CT molecular complexity index is 1160. The molecule has 1 aliphatic carbocycles. The van der Waals surface area contributed by atoms with E-state index in [1.165, 1.54) is 94.8 Å². The van der Waals surface area contributed by atoms with Crippen LogP contribution in [0.25, 0.3) is 0 Å². The van der Waals surface area contributed by atoms with Crippen LogP contribution < -0.4 is 10.5 Å². The van der Waals surface area contributed by atoms with Crippen molar-refractivity contribution in [3.05, 3.63) is 72.0 Å². The molecule has 0 amide bonds. The monoisotopic (exact) mass is 496 g/mol. The average molecular weight is 497 g/mol. The molecule has 2 aromatic carbocycles. The second kappa shape index (κ2) is 11.3. The summed E-state index contributed by atoms with van der Waals surface area (Å²) in [5, 5.41) is 3.55. The maximum atomic E-state index is 11.9. The normalized spacial score (nSPS) is 18.3. The van der Waals surface area contributed by atoms with Crippen LogP contribution in [0.3, 0.4) is 0 Å². The van der Waals surface area contributed by atoms with E-state index >= 15 is 0 Å². The van der Waals surface area contributed by atoms with Crippen LogP contribution >= 0.6 is 0 Å². The molecule has 3 N–H and O–H groups in total. The second-order valence-electron chi connectivity index (χ2n) is 9.50. The Kier molecular flexibility index (Phi) is 8.13. The molecular formula is C27H36N4O3S. The molecule has 1 aliphatic heterocycles. The molecule has 2 heterocycles. The highest BCUT2D eigenvalue weighted by Crippen LogP contribution is 2.43. The molecule has 8 heteroatoms. The average Bonchev–Trinajstić information content (AvgIpc) is 3.30. The van der Waals surface area contributed by atoms with E-state index in [0.29, 0.717) is 17.0 Å². The van der Waals surface area contributed by atoms with Gasteiger partial charge in [0.15, 0.2) is 5.82 Å². The highest BCUT2D eigenvalue weighted by Gasteiger charge is 2.39. The van der Waals surface area contributed by atoms with Gasteiger partial charge in [-0.1, -0.05) is 61.2 Å². The number of benzene rings is 2. The lowest BCUT2D eigenvalue weighted by Gasteiger charge is -2.48. The zero-order valence-electron chi connectivity index (χ0n) is 20.4. The van der Waals surface area contributed by atoms with Crippen LogP contribution in [0.1, 0.15) is 62.7 Å². The van der Waals surface area contributed by atoms with Crippen LogP contribution in [0.4, 0.5) is 11.5 Å². The van der Waals surface area contributed by atoms with Crippen molar-refractivity contribution in [3.8, 4) is 0 Å². The molecule has 3 aromatic rings. The van der Waals surface area contributed by atoms with Gasteiger partial charge in [0, 0.05) is 17.3 Å². The molecule has 1 saturated carbocycles. The van der Waals surface area contributed by atoms with Crippen molar-refractivity contribution in [3.63, 3.8) is 0 Å². The van der Waals surface area contributed by atoms with Gasteiger partial charge in [0.2, 0.25) is 0 Å². The van der Waals surface area contributed by atoms with Crippen LogP contribution in [-0.2, 0) is 15.6 Å². The molecule has 35 heavy (non-hydrogen) atoms. The van der Waals surface area contributed by atoms with Gasteiger partial charge in [-0.15, -0.1) is 0 Å². The summed E-state index contributed by atoms with van der Waals surface area (Å²) < 4.78 is 30.8. The number of nitrogens with one attached hydrogen (secondary N) is 1. The lowest BCUT2D eigenvalue weighted by Crippen LogP contribution is -2.49. The molecule has 0 radical (unpaired) electrons. The second-order valence-corrected chi connectivity index (χ2v) is 11.2. The number of hydrogen-bond donors (Lipinski definition) is 2. The summed E-state index contributed by atoms with van der Waals surface area (Å²) in [6.45, 7) is 4.30. The Balaban J connectivity index is 0.000000165. The topological polar surface area (TPSA) is 101 Å². The summed E-state index contributed by atoms with van der Waals surface area (Å²) >= 11 is 0. The smallest absolute Gasteiger partial charge is 0.263 e. The van der Waals surface area contributed by atoms with Crippen molar-refractivity contribution < 1.29 is 12.9 Å². The van der Waals surface area contributed by atoms with Crippen molar-refractivity contribution >= 4 is 21.5 Å². The third-order valence-electron chi connectivity index (χ3n) is 7.01. The van der Waals surface area contributed by atoms with Crippen LogP contribution in [0.15, 0.2) is 70.1 Å². The predicted molar refractivity (Wildman–Crippen MR) is 140 cm³/mol. The molecular weight excluding hydrogens is 460 g/mol. The molecule has 1 aromatic heterocycles. The Morgan fingerprint density at radius 2 is 1.54 bits per heavy atom. The number of hydrogen-bond acceptors (Lipinski definition) is 6. The van der Waals surface area contributed by atoms with Gasteiger partial charge in [-0.2, -0.15) is 0 Å². The number of nitrogen functional groups attached to an aromatic ring is 1. The maximum Gasteiger partial charge on any atom is 0.263 e. The Morgan fingerprint density at radius 1 is 0.914 bits per heavy atom. The number of rotatable bonds is 5. The molecule has 1 saturated heterocycles. The summed E-state index contributed by atoms with van der Waals surface area (Å²) in [6.07, 6.45) is 11.2. The number of nitrogens with zero attached hydrogens (tertiary/aromatic N) is 2. The van der Waals surface area contributed by atoms with Gasteiger partial charge in [-0.25, -0.2) is 8.42 Å². The van der Waals surface area contributed by atoms with Crippen molar-refractivity contribution in [1.82, 2.24) is 10.1 Å². The molecule has 5 rings (SSSR count). The van der Waals surface area contributed by atoms with E-state index in [1.807, 2.05) is 0 Å². The number of sulfonamides is 1. The lowest BCUT2D eigenvalue weighted by molar-refractivity contribution is 0.0303. The molecule has 2 aliphatic rings. The summed E-state index contributed by atoms with van der Waals surface area (Å²) in [5.41, 5.74) is 7.93. The standard InChI is InChI=1S/C17H25N.C10H11N3O3S/c1-4-10-16(11-5-1)17(12-6-2-7-13-17)18-14-8-3-9-15-18;1-7-6-10(12-16-7)13-17(14,15)9-4-2-8(11)3-5-9/h1,4-5,10-11H,2-3,6-9,12-15H2;2-6H,11H2,1H3,(H,12,13). The van der Waals surface area contributed by atoms with Crippen LogP contribution in [-0.4, -0.2) is 31.6 Å². The number of aromatic nitrogens is 1. The highest BCUT2D eigenvalue weighted by molar-refractivity contribution is 7.92. The van der Waals surface area contributed by atoms with Crippen molar-refractivity contribution in [2.75, 3.05) is 23.5 Å². The maximum absolute atomic E-state index is 11.9. The van der Waals surface area contributed by atoms with Gasteiger partial charge in [0.05, 0.1) is 4.90 Å². The Labute approximate surface area is 208 Å². The van der Waals surface area contributed by atoms with Crippen LogP contribution in [0, 0.1) is 6.92 Å². The number of piperidine rings is 1. The van der Waals surface area contributed by atoms with Gasteiger partial charge in [-0.3, -0.25) is 9.62 Å². The van der Waals surface area contributed by atoms with Gasteiger partial charge in [0.25, 0.3) is 10.0 Å². The Hall–Kier alpha value is -2.84. The molecule has 0 atom stereocenters. The molecule has 2 fully saturated rings. The SMILES string of the molecule is Cc1cc(NS(=O)(=O)c2ccc(N)cc2)no1.c1ccc(C2(N3CCCCC3)CCCCC2)cc1. The minimum absolute atomic E-state index is 0.118. The van der Waals surface area contributed by atoms with E-state index in [1.54, 1.807) is 12.5 Å². The van der Waals surface area contributed by atoms with E-state index in [-0.39, 0.29) is 10.7 Å². The largest absolute Gasteiger partial charge is 0.399 e. The summed E-state index contributed by atoms with van der Waals surface area (Å²) in [4.78, 5) is 2.93. The van der Waals surface area contributed by atoms with Crippen molar-refractivity contribution in [2.45, 2.75) is 68.7 Å². The summed E-state index contributed by atoms with van der Waals surface area (Å²) in [5.74, 6) is 0.680. The number of nitrogens with two attached hydrogens (primary N) is 1. The van der Waals surface area contributed by atoms with Crippen LogP contribution in [0.5, 0.6) is 0 Å². The zero-order valence-corrected chi connectivity index (χ0v) is 21.3. The number of aryl methyl sites for hydroxylation is 1. The third kappa shape index (κ3) is 6.24. The van der Waals surface area contributed by atoms with Gasteiger partial charge < -0.3 is 10.3 Å². The fraction of sp³-hybridized carbons (Fsp3) is 0.444. The quantitative estimate of drug-likeness (QED) is 0.440. The summed E-state index contributed by atoms with van der Waals surface area (Å²) in [6, 6.07) is 18.7. The van der Waals surface area contributed by atoms with Gasteiger partial charge in [-0.05, 0) is 75.5 Å². The lowest BCUT2D eigenvalue weighted by atomic mass is 9.74. The predicted octanol–water partition coefficient (Wildman–Crippen LogP) is 5.70. The van der Waals surface area contributed by atoms with E-state index in [2.05, 4.69) is 45.1 Å². The fourth-order valence-electron chi connectivity index (χ4n) is 5.25. The van der Waals surface area contributed by atoms with Crippen molar-refractivity contribution in [1.29, 1.82) is 0 Å². The Morgan fingerprint density at radius 3 is 2.14 bits per heavy atom. The van der Waals surface area contributed by atoms with Gasteiger partial charge >= 0.3 is 0 Å². The van der Waals surface area contributed by atoms with E-state index in [0.717, 1.165) is 0 Å². The van der Waals surface area contributed by atoms with Crippen LogP contribution in [0.2, 0.25) is 0 Å². The number of likely N-dealkylation sites (tertiary alicyclic amines) is 1. The molecule has 0 unspecified atom stereocenters. The molecule has 0 bridgehead atoms. The zero-order chi connectivity index (χ0) is 24.7. The first-order valence-corrected chi connectivity index (χ1v) is 14.0. The van der Waals surface area contributed by atoms with Gasteiger partial charge in [0.1, 0.15) is 5.76 Å². The van der Waals surface area contributed by atoms with E-state index < -0.39 is 10.0 Å². The molecule has 188 valence electrons. The minimum atomic E-state index is -3.64. The van der Waals surface area contributed by atoms with Crippen molar-refractivity contribution in [2.24, 2.45) is 0 Å². The molecule has 0 spiro atoms.